The Hall–Kier alpha value is -1.00. The zero-order valence-corrected chi connectivity index (χ0v) is 15.6. The molecule has 0 bridgehead atoms. The molecule has 0 atom stereocenters. The SMILES string of the molecule is O=S(=O)(Cl)c1ccc(Br)c(S(=O)(=O)NCCc2ccccn2)c1. The van der Waals surface area contributed by atoms with Crippen molar-refractivity contribution < 1.29 is 16.8 Å². The van der Waals surface area contributed by atoms with Gasteiger partial charge in [-0.3, -0.25) is 4.98 Å². The Labute approximate surface area is 147 Å². The van der Waals surface area contributed by atoms with Gasteiger partial charge in [0.2, 0.25) is 10.0 Å². The van der Waals surface area contributed by atoms with E-state index in [1.54, 1.807) is 18.3 Å². The van der Waals surface area contributed by atoms with Crippen molar-refractivity contribution >= 4 is 45.7 Å². The quantitative estimate of drug-likeness (QED) is 0.697. The lowest BCUT2D eigenvalue weighted by Gasteiger charge is -2.09. The number of nitrogens with one attached hydrogen (secondary N) is 1. The third-order valence-corrected chi connectivity index (χ3v) is 6.68. The molecule has 0 aliphatic heterocycles. The van der Waals surface area contributed by atoms with Crippen molar-refractivity contribution in [3.63, 3.8) is 0 Å². The number of rotatable bonds is 6. The summed E-state index contributed by atoms with van der Waals surface area (Å²) in [6.07, 6.45) is 2.03. The van der Waals surface area contributed by atoms with Crippen LogP contribution in [0.3, 0.4) is 0 Å². The summed E-state index contributed by atoms with van der Waals surface area (Å²) in [6.45, 7) is 0.129. The van der Waals surface area contributed by atoms with Crippen LogP contribution in [0, 0.1) is 0 Å². The number of hydrogen-bond acceptors (Lipinski definition) is 5. The zero-order valence-electron chi connectivity index (χ0n) is 11.6. The highest BCUT2D eigenvalue weighted by atomic mass is 79.9. The van der Waals surface area contributed by atoms with Gasteiger partial charge in [-0.25, -0.2) is 21.6 Å². The number of benzene rings is 1. The Morgan fingerprint density at radius 2 is 1.87 bits per heavy atom. The molecule has 124 valence electrons. The van der Waals surface area contributed by atoms with Gasteiger partial charge < -0.3 is 0 Å². The lowest BCUT2D eigenvalue weighted by Crippen LogP contribution is -2.26. The minimum absolute atomic E-state index is 0.129. The minimum atomic E-state index is -4.02. The van der Waals surface area contributed by atoms with E-state index >= 15 is 0 Å². The molecule has 2 aromatic rings. The minimum Gasteiger partial charge on any atom is -0.261 e. The van der Waals surface area contributed by atoms with Crippen LogP contribution < -0.4 is 4.72 Å². The number of aromatic nitrogens is 1. The zero-order chi connectivity index (χ0) is 17.1. The Morgan fingerprint density at radius 3 is 2.48 bits per heavy atom. The van der Waals surface area contributed by atoms with Gasteiger partial charge >= 0.3 is 0 Å². The van der Waals surface area contributed by atoms with E-state index in [1.165, 1.54) is 12.1 Å². The second-order valence-corrected chi connectivity index (χ2v) is 9.65. The van der Waals surface area contributed by atoms with Crippen LogP contribution in [0.1, 0.15) is 5.69 Å². The normalized spacial score (nSPS) is 12.3. The van der Waals surface area contributed by atoms with Gasteiger partial charge in [0.05, 0.1) is 9.79 Å². The Kier molecular flexibility index (Phi) is 5.79. The van der Waals surface area contributed by atoms with E-state index in [0.717, 1.165) is 11.8 Å². The molecule has 0 saturated carbocycles. The van der Waals surface area contributed by atoms with Gasteiger partial charge in [-0.15, -0.1) is 0 Å². The number of sulfonamides is 1. The molecule has 0 spiro atoms. The maximum Gasteiger partial charge on any atom is 0.261 e. The molecule has 23 heavy (non-hydrogen) atoms. The molecule has 0 aliphatic carbocycles. The van der Waals surface area contributed by atoms with Crippen LogP contribution in [0.2, 0.25) is 0 Å². The van der Waals surface area contributed by atoms with E-state index in [4.69, 9.17) is 10.7 Å². The molecule has 0 radical (unpaired) electrons. The molecule has 1 aromatic carbocycles. The van der Waals surface area contributed by atoms with Gasteiger partial charge in [-0.05, 0) is 46.3 Å². The van der Waals surface area contributed by atoms with Crippen LogP contribution in [0.4, 0.5) is 0 Å². The largest absolute Gasteiger partial charge is 0.261 e. The number of hydrogen-bond donors (Lipinski definition) is 1. The van der Waals surface area contributed by atoms with Gasteiger partial charge in [0.15, 0.2) is 0 Å². The molecule has 2 rings (SSSR count). The summed E-state index contributed by atoms with van der Waals surface area (Å²) in [5, 5.41) is 0. The summed E-state index contributed by atoms with van der Waals surface area (Å²) >= 11 is 3.10. The average Bonchev–Trinajstić information content (AvgIpc) is 2.47. The highest BCUT2D eigenvalue weighted by Gasteiger charge is 2.21. The third kappa shape index (κ3) is 4.98. The Balaban J connectivity index is 2.19. The van der Waals surface area contributed by atoms with E-state index in [1.807, 2.05) is 6.07 Å². The molecule has 1 heterocycles. The van der Waals surface area contributed by atoms with Crippen molar-refractivity contribution in [3.8, 4) is 0 Å². The lowest BCUT2D eigenvalue weighted by atomic mass is 10.3. The summed E-state index contributed by atoms with van der Waals surface area (Å²) in [6, 6.07) is 8.91. The van der Waals surface area contributed by atoms with Crippen molar-refractivity contribution in [1.29, 1.82) is 0 Å². The average molecular weight is 440 g/mol. The predicted octanol–water partition coefficient (Wildman–Crippen LogP) is 2.29. The van der Waals surface area contributed by atoms with Crippen molar-refractivity contribution in [1.82, 2.24) is 9.71 Å². The van der Waals surface area contributed by atoms with E-state index in [9.17, 15) is 16.8 Å². The molecule has 0 saturated heterocycles. The summed E-state index contributed by atoms with van der Waals surface area (Å²) < 4.78 is 50.0. The Bertz CT molecular complexity index is 903. The number of halogens is 2. The van der Waals surface area contributed by atoms with Gasteiger partial charge in [0.25, 0.3) is 9.05 Å². The summed E-state index contributed by atoms with van der Waals surface area (Å²) in [5.41, 5.74) is 0.742. The van der Waals surface area contributed by atoms with Crippen molar-refractivity contribution in [2.75, 3.05) is 6.54 Å². The molecule has 0 fully saturated rings. The van der Waals surface area contributed by atoms with Crippen LogP contribution in [0.25, 0.3) is 0 Å². The summed E-state index contributed by atoms with van der Waals surface area (Å²) in [5.74, 6) is 0. The summed E-state index contributed by atoms with van der Waals surface area (Å²) in [4.78, 5) is 3.62. The van der Waals surface area contributed by atoms with Crippen LogP contribution in [-0.2, 0) is 25.5 Å². The molecule has 1 N–H and O–H groups in total. The number of pyridine rings is 1. The monoisotopic (exact) mass is 438 g/mol. The lowest BCUT2D eigenvalue weighted by molar-refractivity contribution is 0.580. The van der Waals surface area contributed by atoms with Gasteiger partial charge in [0.1, 0.15) is 0 Å². The van der Waals surface area contributed by atoms with Crippen LogP contribution in [0.15, 0.2) is 56.9 Å². The second kappa shape index (κ2) is 7.27. The molecule has 0 unspecified atom stereocenters. The highest BCUT2D eigenvalue weighted by molar-refractivity contribution is 9.10. The first-order chi connectivity index (χ1) is 10.7. The summed E-state index contributed by atoms with van der Waals surface area (Å²) in [7, 11) is -2.66. The molecular weight excluding hydrogens is 428 g/mol. The van der Waals surface area contributed by atoms with Crippen LogP contribution >= 0.6 is 26.6 Å². The first-order valence-electron chi connectivity index (χ1n) is 6.34. The molecule has 6 nitrogen and oxygen atoms in total. The number of nitrogens with zero attached hydrogens (tertiary/aromatic N) is 1. The standard InChI is InChI=1S/C13H12BrClN2O4S2/c14-12-5-4-11(22(15,18)19)9-13(12)23(20,21)17-8-6-10-3-1-2-7-16-10/h1-5,7,9,17H,6,8H2. The van der Waals surface area contributed by atoms with Crippen molar-refractivity contribution in [2.24, 2.45) is 0 Å². The highest BCUT2D eigenvalue weighted by Crippen LogP contribution is 2.26. The van der Waals surface area contributed by atoms with Gasteiger partial charge in [-0.2, -0.15) is 0 Å². The van der Waals surface area contributed by atoms with Crippen LogP contribution in [-0.4, -0.2) is 28.4 Å². The molecule has 0 aliphatic rings. The fourth-order valence-electron chi connectivity index (χ4n) is 1.78. The van der Waals surface area contributed by atoms with E-state index in [0.29, 0.717) is 6.42 Å². The van der Waals surface area contributed by atoms with Crippen LogP contribution in [0.5, 0.6) is 0 Å². The first-order valence-corrected chi connectivity index (χ1v) is 10.9. The fourth-order valence-corrected chi connectivity index (χ4v) is 4.65. The molecule has 0 amide bonds. The van der Waals surface area contributed by atoms with Gasteiger partial charge in [0, 0.05) is 40.0 Å². The molecule has 1 aromatic heterocycles. The van der Waals surface area contributed by atoms with Crippen molar-refractivity contribution in [2.45, 2.75) is 16.2 Å². The smallest absolute Gasteiger partial charge is 0.261 e. The second-order valence-electron chi connectivity index (χ2n) is 4.50. The van der Waals surface area contributed by atoms with E-state index in [-0.39, 0.29) is 20.8 Å². The van der Waals surface area contributed by atoms with E-state index in [2.05, 4.69) is 25.6 Å². The predicted molar refractivity (Wildman–Crippen MR) is 90.3 cm³/mol. The first kappa shape index (κ1) is 18.3. The maximum absolute atomic E-state index is 12.3. The van der Waals surface area contributed by atoms with E-state index < -0.39 is 19.1 Å². The molecule has 10 heteroatoms. The fraction of sp³-hybridized carbons (Fsp3) is 0.154. The molecular formula is C13H12BrClN2O4S2. The van der Waals surface area contributed by atoms with Crippen molar-refractivity contribution in [3.05, 3.63) is 52.8 Å². The third-order valence-electron chi connectivity index (χ3n) is 2.87. The maximum atomic E-state index is 12.3. The Morgan fingerprint density at radius 1 is 1.13 bits per heavy atom. The topological polar surface area (TPSA) is 93.2 Å². The van der Waals surface area contributed by atoms with Gasteiger partial charge in [-0.1, -0.05) is 6.07 Å².